The number of aryl methyl sites for hydroxylation is 1. The molecule has 0 aliphatic carbocycles. The van der Waals surface area contributed by atoms with Gasteiger partial charge in [0.25, 0.3) is 5.91 Å². The van der Waals surface area contributed by atoms with Crippen molar-refractivity contribution in [2.24, 2.45) is 5.10 Å². The van der Waals surface area contributed by atoms with Crippen molar-refractivity contribution in [3.8, 4) is 5.75 Å². The van der Waals surface area contributed by atoms with Crippen LogP contribution in [0, 0.1) is 17.0 Å². The number of nitrogens with zero attached hydrogens (tertiary/aromatic N) is 4. The predicted octanol–water partition coefficient (Wildman–Crippen LogP) is 1.72. The first-order chi connectivity index (χ1) is 10.9. The SMILES string of the molecule is Cc1ccn(CC(=O)NN=Cc2cc(Br)cc([N+](=O)[O-])c2O)n1. The van der Waals surface area contributed by atoms with E-state index >= 15 is 0 Å². The van der Waals surface area contributed by atoms with Crippen molar-refractivity contribution >= 4 is 33.7 Å². The van der Waals surface area contributed by atoms with Crippen molar-refractivity contribution in [1.29, 1.82) is 0 Å². The van der Waals surface area contributed by atoms with Crippen molar-refractivity contribution in [3.05, 3.63) is 50.2 Å². The Morgan fingerprint density at radius 3 is 2.96 bits per heavy atom. The minimum atomic E-state index is -0.712. The number of benzene rings is 1. The van der Waals surface area contributed by atoms with E-state index in [1.165, 1.54) is 16.8 Å². The lowest BCUT2D eigenvalue weighted by molar-refractivity contribution is -0.385. The van der Waals surface area contributed by atoms with Crippen molar-refractivity contribution in [2.75, 3.05) is 0 Å². The smallest absolute Gasteiger partial charge is 0.312 e. The Labute approximate surface area is 138 Å². The fourth-order valence-corrected chi connectivity index (χ4v) is 2.21. The second-order valence-electron chi connectivity index (χ2n) is 4.57. The van der Waals surface area contributed by atoms with Crippen LogP contribution in [0.3, 0.4) is 0 Å². The molecule has 0 unspecified atom stereocenters. The molecule has 2 aromatic rings. The summed E-state index contributed by atoms with van der Waals surface area (Å²) >= 11 is 3.11. The third-order valence-corrected chi connectivity index (χ3v) is 3.21. The van der Waals surface area contributed by atoms with Gasteiger partial charge < -0.3 is 5.11 Å². The van der Waals surface area contributed by atoms with Crippen LogP contribution in [0.15, 0.2) is 34.0 Å². The van der Waals surface area contributed by atoms with Gasteiger partial charge in [-0.15, -0.1) is 0 Å². The Bertz CT molecular complexity index is 787. The van der Waals surface area contributed by atoms with Crippen LogP contribution in [0.4, 0.5) is 5.69 Å². The van der Waals surface area contributed by atoms with E-state index < -0.39 is 22.3 Å². The summed E-state index contributed by atoms with van der Waals surface area (Å²) in [6.07, 6.45) is 2.78. The molecule has 2 rings (SSSR count). The maximum atomic E-state index is 11.7. The van der Waals surface area contributed by atoms with Gasteiger partial charge in [-0.05, 0) is 19.1 Å². The average molecular weight is 382 g/mol. The Balaban J connectivity index is 2.05. The number of rotatable bonds is 5. The molecular weight excluding hydrogens is 370 g/mol. The van der Waals surface area contributed by atoms with Crippen molar-refractivity contribution < 1.29 is 14.8 Å². The molecular formula is C13H12BrN5O4. The molecule has 0 saturated heterocycles. The number of hydrogen-bond donors (Lipinski definition) is 2. The highest BCUT2D eigenvalue weighted by Crippen LogP contribution is 2.32. The maximum Gasteiger partial charge on any atom is 0.312 e. The van der Waals surface area contributed by atoms with Gasteiger partial charge in [-0.1, -0.05) is 15.9 Å². The first-order valence-electron chi connectivity index (χ1n) is 6.35. The molecule has 1 aromatic carbocycles. The zero-order chi connectivity index (χ0) is 17.0. The molecule has 0 fully saturated rings. The van der Waals surface area contributed by atoms with Crippen molar-refractivity contribution in [1.82, 2.24) is 15.2 Å². The fraction of sp³-hybridized carbons (Fsp3) is 0.154. The minimum Gasteiger partial charge on any atom is -0.502 e. The highest BCUT2D eigenvalue weighted by atomic mass is 79.9. The number of nitro groups is 1. The lowest BCUT2D eigenvalue weighted by Crippen LogP contribution is -2.23. The van der Waals surface area contributed by atoms with E-state index in [1.54, 1.807) is 19.2 Å². The number of nitro benzene ring substituents is 1. The molecule has 120 valence electrons. The van der Waals surface area contributed by atoms with Crippen LogP contribution < -0.4 is 5.43 Å². The third kappa shape index (κ3) is 4.36. The van der Waals surface area contributed by atoms with E-state index in [2.05, 4.69) is 31.6 Å². The molecule has 0 atom stereocenters. The van der Waals surface area contributed by atoms with Crippen LogP contribution in [-0.2, 0) is 11.3 Å². The summed E-state index contributed by atoms with van der Waals surface area (Å²) in [5, 5.41) is 28.4. The first kappa shape index (κ1) is 16.6. The zero-order valence-electron chi connectivity index (χ0n) is 11.9. The first-order valence-corrected chi connectivity index (χ1v) is 7.15. The molecule has 23 heavy (non-hydrogen) atoms. The molecule has 1 amide bonds. The standard InChI is InChI=1S/C13H12BrN5O4/c1-8-2-3-18(17-8)7-12(20)16-15-6-9-4-10(14)5-11(13(9)21)19(22)23/h2-6,21H,7H2,1H3,(H,16,20). The lowest BCUT2D eigenvalue weighted by atomic mass is 10.2. The second-order valence-corrected chi connectivity index (χ2v) is 5.48. The summed E-state index contributed by atoms with van der Waals surface area (Å²) in [6, 6.07) is 4.37. The number of aromatic nitrogens is 2. The Morgan fingerprint density at radius 2 is 2.35 bits per heavy atom. The number of carbonyl (C=O) groups excluding carboxylic acids is 1. The van der Waals surface area contributed by atoms with Crippen molar-refractivity contribution in [2.45, 2.75) is 13.5 Å². The van der Waals surface area contributed by atoms with Crippen LogP contribution in [0.2, 0.25) is 0 Å². The number of phenols is 1. The Hall–Kier alpha value is -2.75. The van der Waals surface area contributed by atoms with E-state index in [9.17, 15) is 20.0 Å². The predicted molar refractivity (Wildman–Crippen MR) is 85.2 cm³/mol. The van der Waals surface area contributed by atoms with Gasteiger partial charge in [-0.3, -0.25) is 19.6 Å². The molecule has 2 N–H and O–H groups in total. The molecule has 1 aromatic heterocycles. The van der Waals surface area contributed by atoms with Gasteiger partial charge >= 0.3 is 5.69 Å². The number of amides is 1. The summed E-state index contributed by atoms with van der Waals surface area (Å²) in [5.41, 5.74) is 2.68. The maximum absolute atomic E-state index is 11.7. The van der Waals surface area contributed by atoms with Gasteiger partial charge in [0.05, 0.1) is 16.8 Å². The highest BCUT2D eigenvalue weighted by Gasteiger charge is 2.17. The van der Waals surface area contributed by atoms with Gasteiger partial charge in [-0.2, -0.15) is 10.2 Å². The van der Waals surface area contributed by atoms with E-state index in [1.807, 2.05) is 0 Å². The Morgan fingerprint density at radius 1 is 1.61 bits per heavy atom. The summed E-state index contributed by atoms with van der Waals surface area (Å²) in [4.78, 5) is 21.8. The van der Waals surface area contributed by atoms with E-state index in [-0.39, 0.29) is 12.1 Å². The number of aromatic hydroxyl groups is 1. The zero-order valence-corrected chi connectivity index (χ0v) is 13.5. The molecule has 0 radical (unpaired) electrons. The largest absolute Gasteiger partial charge is 0.502 e. The quantitative estimate of drug-likeness (QED) is 0.463. The average Bonchev–Trinajstić information content (AvgIpc) is 2.87. The van der Waals surface area contributed by atoms with Crippen LogP contribution in [0.1, 0.15) is 11.3 Å². The van der Waals surface area contributed by atoms with Gasteiger partial charge in [-0.25, -0.2) is 5.43 Å². The van der Waals surface area contributed by atoms with E-state index in [0.29, 0.717) is 4.47 Å². The molecule has 10 heteroatoms. The highest BCUT2D eigenvalue weighted by molar-refractivity contribution is 9.10. The van der Waals surface area contributed by atoms with E-state index in [0.717, 1.165) is 11.9 Å². The number of nitrogens with one attached hydrogen (secondary N) is 1. The monoisotopic (exact) mass is 381 g/mol. The van der Waals surface area contributed by atoms with Gasteiger partial charge in [0, 0.05) is 22.3 Å². The van der Waals surface area contributed by atoms with Gasteiger partial charge in [0.1, 0.15) is 6.54 Å². The van der Waals surface area contributed by atoms with Gasteiger partial charge in [0.15, 0.2) is 0 Å². The third-order valence-electron chi connectivity index (χ3n) is 2.75. The number of hydrogen-bond acceptors (Lipinski definition) is 6. The summed E-state index contributed by atoms with van der Waals surface area (Å²) < 4.78 is 1.85. The Kier molecular flexibility index (Phi) is 5.06. The van der Waals surface area contributed by atoms with Crippen molar-refractivity contribution in [3.63, 3.8) is 0 Å². The molecule has 0 aliphatic heterocycles. The molecule has 1 heterocycles. The summed E-state index contributed by atoms with van der Waals surface area (Å²) in [7, 11) is 0. The summed E-state index contributed by atoms with van der Waals surface area (Å²) in [5.74, 6) is -0.952. The number of hydrazone groups is 1. The van der Waals surface area contributed by atoms with Crippen LogP contribution in [0.5, 0.6) is 5.75 Å². The normalized spacial score (nSPS) is 10.9. The van der Waals surface area contributed by atoms with Crippen LogP contribution >= 0.6 is 15.9 Å². The molecule has 9 nitrogen and oxygen atoms in total. The summed E-state index contributed by atoms with van der Waals surface area (Å²) in [6.45, 7) is 1.78. The van der Waals surface area contributed by atoms with Crippen LogP contribution in [-0.4, -0.2) is 31.9 Å². The molecule has 0 spiro atoms. The molecule has 0 bridgehead atoms. The van der Waals surface area contributed by atoms with Gasteiger partial charge in [0.2, 0.25) is 5.75 Å². The number of carbonyl (C=O) groups is 1. The second kappa shape index (κ2) is 7.01. The van der Waals surface area contributed by atoms with E-state index in [4.69, 9.17) is 0 Å². The molecule has 0 aliphatic rings. The van der Waals surface area contributed by atoms with Crippen LogP contribution in [0.25, 0.3) is 0 Å². The minimum absolute atomic E-state index is 0.0181. The molecule has 0 saturated carbocycles. The topological polar surface area (TPSA) is 123 Å². The number of halogens is 1. The fourth-order valence-electron chi connectivity index (χ4n) is 1.75. The lowest BCUT2D eigenvalue weighted by Gasteiger charge is -2.02. The number of phenolic OH excluding ortho intramolecular Hbond substituents is 1.